The van der Waals surface area contributed by atoms with Crippen molar-refractivity contribution < 1.29 is 22.7 Å². The number of alkyl halides is 3. The lowest BCUT2D eigenvalue weighted by Gasteiger charge is -2.14. The molecule has 29 heavy (non-hydrogen) atoms. The molecule has 3 aromatic rings. The number of rotatable bonds is 5. The molecule has 2 aromatic carbocycles. The van der Waals surface area contributed by atoms with Crippen LogP contribution < -0.4 is 16.4 Å². The van der Waals surface area contributed by atoms with E-state index >= 15 is 0 Å². The number of halogens is 3. The fraction of sp³-hybridized carbons (Fsp3) is 0.105. The Morgan fingerprint density at radius 1 is 1.00 bits per heavy atom. The van der Waals surface area contributed by atoms with Gasteiger partial charge in [0.25, 0.3) is 0 Å². The molecule has 0 spiro atoms. The van der Waals surface area contributed by atoms with Crippen molar-refractivity contribution >= 4 is 34.7 Å². The standard InChI is InChI=1S/C19H16F3N5O2/c1-29-18(28)13-4-2-3-5-14(13)27-17-15(23)16(24-10-25-17)26-12-8-6-11(7-9-12)19(20,21)22/h2-10H,23H2,1H3,(H2,24,25,26,27). The quantitative estimate of drug-likeness (QED) is 0.544. The number of ether oxygens (including phenoxy) is 1. The molecule has 7 nitrogen and oxygen atoms in total. The molecule has 4 N–H and O–H groups in total. The maximum absolute atomic E-state index is 12.7. The van der Waals surface area contributed by atoms with E-state index in [4.69, 9.17) is 10.5 Å². The topological polar surface area (TPSA) is 102 Å². The Balaban J connectivity index is 1.85. The van der Waals surface area contributed by atoms with Crippen LogP contribution in [-0.2, 0) is 10.9 Å². The zero-order chi connectivity index (χ0) is 21.0. The van der Waals surface area contributed by atoms with Gasteiger partial charge in [-0.15, -0.1) is 0 Å². The van der Waals surface area contributed by atoms with Gasteiger partial charge in [0, 0.05) is 5.69 Å². The van der Waals surface area contributed by atoms with Gasteiger partial charge >= 0.3 is 12.1 Å². The first kappa shape index (κ1) is 19.9. The number of nitrogens with one attached hydrogen (secondary N) is 2. The Morgan fingerprint density at radius 2 is 1.62 bits per heavy atom. The number of esters is 1. The summed E-state index contributed by atoms with van der Waals surface area (Å²) in [5.41, 5.74) is 6.51. The molecule has 0 aliphatic heterocycles. The fourth-order valence-electron chi connectivity index (χ4n) is 2.48. The summed E-state index contributed by atoms with van der Waals surface area (Å²) in [7, 11) is 1.27. The zero-order valence-corrected chi connectivity index (χ0v) is 15.1. The minimum Gasteiger partial charge on any atom is -0.465 e. The number of para-hydroxylation sites is 1. The summed E-state index contributed by atoms with van der Waals surface area (Å²) in [6, 6.07) is 11.1. The second-order valence-electron chi connectivity index (χ2n) is 5.85. The number of hydrogen-bond acceptors (Lipinski definition) is 7. The van der Waals surface area contributed by atoms with Crippen molar-refractivity contribution in [3.8, 4) is 0 Å². The van der Waals surface area contributed by atoms with Crippen molar-refractivity contribution in [2.75, 3.05) is 23.5 Å². The van der Waals surface area contributed by atoms with Gasteiger partial charge in [0.1, 0.15) is 12.0 Å². The Morgan fingerprint density at radius 3 is 2.24 bits per heavy atom. The molecule has 0 aliphatic carbocycles. The molecule has 0 radical (unpaired) electrons. The van der Waals surface area contributed by atoms with E-state index in [-0.39, 0.29) is 22.9 Å². The van der Waals surface area contributed by atoms with Gasteiger partial charge in [-0.2, -0.15) is 13.2 Å². The van der Waals surface area contributed by atoms with Crippen LogP contribution in [0.5, 0.6) is 0 Å². The third-order valence-electron chi connectivity index (χ3n) is 3.94. The number of hydrogen-bond donors (Lipinski definition) is 3. The third kappa shape index (κ3) is 4.54. The minimum atomic E-state index is -4.42. The highest BCUT2D eigenvalue weighted by Gasteiger charge is 2.30. The molecule has 0 bridgehead atoms. The largest absolute Gasteiger partial charge is 0.465 e. The van der Waals surface area contributed by atoms with Crippen LogP contribution in [0.15, 0.2) is 54.9 Å². The molecule has 0 atom stereocenters. The lowest BCUT2D eigenvalue weighted by molar-refractivity contribution is -0.137. The first-order valence-electron chi connectivity index (χ1n) is 8.28. The van der Waals surface area contributed by atoms with Crippen molar-refractivity contribution in [1.29, 1.82) is 0 Å². The van der Waals surface area contributed by atoms with Gasteiger partial charge in [-0.05, 0) is 36.4 Å². The molecular weight excluding hydrogens is 387 g/mol. The lowest BCUT2D eigenvalue weighted by atomic mass is 10.2. The number of nitrogens with zero attached hydrogens (tertiary/aromatic N) is 2. The first-order valence-corrected chi connectivity index (χ1v) is 8.28. The van der Waals surface area contributed by atoms with Gasteiger partial charge in [-0.25, -0.2) is 14.8 Å². The maximum Gasteiger partial charge on any atom is 0.416 e. The van der Waals surface area contributed by atoms with Gasteiger partial charge in [0.2, 0.25) is 0 Å². The summed E-state index contributed by atoms with van der Waals surface area (Å²) in [6.07, 6.45) is -3.19. The van der Waals surface area contributed by atoms with E-state index in [0.717, 1.165) is 12.1 Å². The van der Waals surface area contributed by atoms with E-state index in [9.17, 15) is 18.0 Å². The molecule has 0 saturated carbocycles. The van der Waals surface area contributed by atoms with E-state index in [2.05, 4.69) is 20.6 Å². The van der Waals surface area contributed by atoms with E-state index in [0.29, 0.717) is 11.4 Å². The molecule has 0 fully saturated rings. The summed E-state index contributed by atoms with van der Waals surface area (Å²) in [5.74, 6) is -0.132. The van der Waals surface area contributed by atoms with E-state index in [1.165, 1.54) is 25.6 Å². The van der Waals surface area contributed by atoms with Crippen molar-refractivity contribution in [3.05, 3.63) is 66.0 Å². The Bertz CT molecular complexity index is 1020. The highest BCUT2D eigenvalue weighted by Crippen LogP contribution is 2.32. The number of anilines is 5. The molecule has 3 rings (SSSR count). The Kier molecular flexibility index (Phi) is 5.53. The molecule has 1 aromatic heterocycles. The zero-order valence-electron chi connectivity index (χ0n) is 15.1. The molecule has 150 valence electrons. The van der Waals surface area contributed by atoms with E-state index < -0.39 is 17.7 Å². The van der Waals surface area contributed by atoms with Crippen LogP contribution in [0, 0.1) is 0 Å². The number of aromatic nitrogens is 2. The number of methoxy groups -OCH3 is 1. The highest BCUT2D eigenvalue weighted by molar-refractivity contribution is 5.97. The average Bonchev–Trinajstić information content (AvgIpc) is 2.70. The van der Waals surface area contributed by atoms with Crippen LogP contribution in [0.25, 0.3) is 0 Å². The predicted octanol–water partition coefficient (Wildman–Crippen LogP) is 4.35. The first-order chi connectivity index (χ1) is 13.8. The maximum atomic E-state index is 12.7. The van der Waals surface area contributed by atoms with Gasteiger partial charge < -0.3 is 21.1 Å². The van der Waals surface area contributed by atoms with Crippen LogP contribution in [-0.4, -0.2) is 23.0 Å². The SMILES string of the molecule is COC(=O)c1ccccc1Nc1ncnc(Nc2ccc(C(F)(F)F)cc2)c1N. The van der Waals surface area contributed by atoms with Gasteiger partial charge in [-0.1, -0.05) is 12.1 Å². The van der Waals surface area contributed by atoms with Crippen LogP contribution in [0.3, 0.4) is 0 Å². The summed E-state index contributed by atoms with van der Waals surface area (Å²) in [4.78, 5) is 20.0. The predicted molar refractivity (Wildman–Crippen MR) is 102 cm³/mol. The second-order valence-corrected chi connectivity index (χ2v) is 5.85. The lowest BCUT2D eigenvalue weighted by Crippen LogP contribution is -2.09. The van der Waals surface area contributed by atoms with Gasteiger partial charge in [0.15, 0.2) is 11.6 Å². The number of carbonyl (C=O) groups excluding carboxylic acids is 1. The van der Waals surface area contributed by atoms with E-state index in [1.807, 2.05) is 0 Å². The van der Waals surface area contributed by atoms with Gasteiger partial charge in [-0.3, -0.25) is 0 Å². The number of nitrogen functional groups attached to an aromatic ring is 1. The normalized spacial score (nSPS) is 11.0. The molecule has 10 heteroatoms. The van der Waals surface area contributed by atoms with E-state index in [1.54, 1.807) is 24.3 Å². The molecule has 0 unspecified atom stereocenters. The monoisotopic (exact) mass is 403 g/mol. The van der Waals surface area contributed by atoms with Crippen LogP contribution in [0.1, 0.15) is 15.9 Å². The van der Waals surface area contributed by atoms with Crippen molar-refractivity contribution in [1.82, 2.24) is 9.97 Å². The summed E-state index contributed by atoms with van der Waals surface area (Å²) >= 11 is 0. The van der Waals surface area contributed by atoms with Crippen LogP contribution in [0.2, 0.25) is 0 Å². The third-order valence-corrected chi connectivity index (χ3v) is 3.94. The van der Waals surface area contributed by atoms with Crippen molar-refractivity contribution in [3.63, 3.8) is 0 Å². The second kappa shape index (κ2) is 8.05. The van der Waals surface area contributed by atoms with Crippen molar-refractivity contribution in [2.24, 2.45) is 0 Å². The van der Waals surface area contributed by atoms with Gasteiger partial charge in [0.05, 0.1) is 23.9 Å². The van der Waals surface area contributed by atoms with Crippen molar-refractivity contribution in [2.45, 2.75) is 6.18 Å². The Labute approximate surface area is 163 Å². The van der Waals surface area contributed by atoms with Crippen LogP contribution in [0.4, 0.5) is 41.9 Å². The number of benzene rings is 2. The Hall–Kier alpha value is -3.82. The minimum absolute atomic E-state index is 0.118. The number of carbonyl (C=O) groups is 1. The molecule has 1 heterocycles. The highest BCUT2D eigenvalue weighted by atomic mass is 19.4. The molecule has 0 saturated heterocycles. The summed E-state index contributed by atoms with van der Waals surface area (Å²) < 4.78 is 42.8. The number of nitrogens with two attached hydrogens (primary N) is 1. The molecular formula is C19H16F3N5O2. The summed E-state index contributed by atoms with van der Waals surface area (Å²) in [6.45, 7) is 0. The fourth-order valence-corrected chi connectivity index (χ4v) is 2.48. The molecule has 0 amide bonds. The van der Waals surface area contributed by atoms with Crippen LogP contribution >= 0.6 is 0 Å². The summed E-state index contributed by atoms with van der Waals surface area (Å²) in [5, 5.41) is 5.80. The smallest absolute Gasteiger partial charge is 0.416 e. The molecule has 0 aliphatic rings. The average molecular weight is 403 g/mol.